The zero-order chi connectivity index (χ0) is 12.8. The molecule has 1 heterocycles. The first-order valence-corrected chi connectivity index (χ1v) is 7.23. The van der Waals surface area contributed by atoms with Crippen molar-refractivity contribution in [2.45, 2.75) is 50.6 Å². The number of hydrogen-bond acceptors (Lipinski definition) is 5. The summed E-state index contributed by atoms with van der Waals surface area (Å²) in [5.74, 6) is 0.246. The first kappa shape index (κ1) is 11.8. The first-order chi connectivity index (χ1) is 8.56. The van der Waals surface area contributed by atoms with Gasteiger partial charge in [-0.1, -0.05) is 11.3 Å². The maximum absolute atomic E-state index is 12.1. The molecule has 0 radical (unpaired) electrons. The number of carbonyl (C=O) groups is 1. The van der Waals surface area contributed by atoms with Gasteiger partial charge in [-0.05, 0) is 39.0 Å². The normalized spacial score (nSPS) is 21.2. The van der Waals surface area contributed by atoms with E-state index in [-0.39, 0.29) is 11.4 Å². The Hall–Kier alpha value is -1.30. The first-order valence-electron chi connectivity index (χ1n) is 6.41. The van der Waals surface area contributed by atoms with Crippen LogP contribution in [0, 0.1) is 0 Å². The molecule has 2 aliphatic rings. The van der Waals surface area contributed by atoms with Crippen LogP contribution in [-0.4, -0.2) is 22.5 Å². The predicted octanol–water partition coefficient (Wildman–Crippen LogP) is 1.97. The van der Waals surface area contributed by atoms with Crippen LogP contribution >= 0.6 is 11.3 Å². The van der Waals surface area contributed by atoms with Gasteiger partial charge < -0.3 is 16.4 Å². The van der Waals surface area contributed by atoms with Gasteiger partial charge in [-0.2, -0.15) is 0 Å². The molecule has 4 N–H and O–H groups in total. The van der Waals surface area contributed by atoms with Crippen LogP contribution in [0.25, 0.3) is 0 Å². The van der Waals surface area contributed by atoms with Crippen LogP contribution in [0.15, 0.2) is 0 Å². The van der Waals surface area contributed by atoms with Crippen molar-refractivity contribution in [2.24, 2.45) is 0 Å². The molecule has 2 fully saturated rings. The lowest BCUT2D eigenvalue weighted by Crippen LogP contribution is -2.34. The molecule has 1 aromatic heterocycles. The number of thiazole rings is 1. The van der Waals surface area contributed by atoms with E-state index in [0.29, 0.717) is 16.7 Å². The Labute approximate surface area is 110 Å². The highest BCUT2D eigenvalue weighted by Crippen LogP contribution is 2.36. The molecule has 18 heavy (non-hydrogen) atoms. The van der Waals surface area contributed by atoms with Crippen molar-refractivity contribution in [3.05, 3.63) is 4.88 Å². The Morgan fingerprint density at radius 1 is 1.50 bits per heavy atom. The number of carbonyl (C=O) groups excluding carboxylic acids is 1. The number of hydrogen-bond donors (Lipinski definition) is 3. The molecule has 2 saturated carbocycles. The molecule has 1 aromatic rings. The fourth-order valence-electron chi connectivity index (χ4n) is 1.93. The lowest BCUT2D eigenvalue weighted by Gasteiger charge is -2.25. The zero-order valence-electron chi connectivity index (χ0n) is 10.5. The van der Waals surface area contributed by atoms with Crippen molar-refractivity contribution in [1.82, 2.24) is 10.3 Å². The summed E-state index contributed by atoms with van der Waals surface area (Å²) < 4.78 is 0. The Kier molecular flexibility index (Phi) is 2.69. The molecule has 0 unspecified atom stereocenters. The molecule has 98 valence electrons. The highest BCUT2D eigenvalue weighted by Gasteiger charge is 2.39. The fraction of sp³-hybridized carbons (Fsp3) is 0.667. The van der Waals surface area contributed by atoms with Gasteiger partial charge in [-0.15, -0.1) is 0 Å². The predicted molar refractivity (Wildman–Crippen MR) is 72.9 cm³/mol. The molecule has 0 aliphatic heterocycles. The Morgan fingerprint density at radius 2 is 2.22 bits per heavy atom. The van der Waals surface area contributed by atoms with E-state index in [1.807, 2.05) is 0 Å². The number of nitrogens with two attached hydrogens (primary N) is 1. The quantitative estimate of drug-likeness (QED) is 0.778. The number of anilines is 2. The molecule has 2 aliphatic carbocycles. The second-order valence-corrected chi connectivity index (χ2v) is 6.52. The number of nitrogen functional groups attached to an aromatic ring is 1. The summed E-state index contributed by atoms with van der Waals surface area (Å²) in [5, 5.41) is 7.09. The molecule has 5 nitrogen and oxygen atoms in total. The fourth-order valence-corrected chi connectivity index (χ4v) is 2.78. The third kappa shape index (κ3) is 2.29. The summed E-state index contributed by atoms with van der Waals surface area (Å²) >= 11 is 1.35. The average molecular weight is 266 g/mol. The average Bonchev–Trinajstić information content (AvgIpc) is 2.84. The van der Waals surface area contributed by atoms with E-state index < -0.39 is 0 Å². The van der Waals surface area contributed by atoms with Gasteiger partial charge in [0.05, 0.1) is 0 Å². The number of nitrogens with zero attached hydrogens (tertiary/aromatic N) is 1. The monoisotopic (exact) mass is 266 g/mol. The van der Waals surface area contributed by atoms with Gasteiger partial charge >= 0.3 is 0 Å². The summed E-state index contributed by atoms with van der Waals surface area (Å²) in [4.78, 5) is 16.8. The highest BCUT2D eigenvalue weighted by atomic mass is 32.1. The number of amides is 1. The van der Waals surface area contributed by atoms with Crippen molar-refractivity contribution in [3.8, 4) is 0 Å². The van der Waals surface area contributed by atoms with E-state index in [9.17, 15) is 4.79 Å². The van der Waals surface area contributed by atoms with Crippen molar-refractivity contribution in [2.75, 3.05) is 11.1 Å². The number of aromatic nitrogens is 1. The maximum atomic E-state index is 12.1. The maximum Gasteiger partial charge on any atom is 0.265 e. The molecule has 1 amide bonds. The molecule has 0 atom stereocenters. The number of rotatable bonds is 4. The number of nitrogens with one attached hydrogen (secondary N) is 2. The molecule has 0 aromatic carbocycles. The largest absolute Gasteiger partial charge is 0.382 e. The Morgan fingerprint density at radius 3 is 2.78 bits per heavy atom. The van der Waals surface area contributed by atoms with Crippen LogP contribution in [0.3, 0.4) is 0 Å². The van der Waals surface area contributed by atoms with E-state index in [2.05, 4.69) is 22.5 Å². The summed E-state index contributed by atoms with van der Waals surface area (Å²) in [6.07, 6.45) is 5.72. The third-order valence-electron chi connectivity index (χ3n) is 3.71. The highest BCUT2D eigenvalue weighted by molar-refractivity contribution is 7.18. The van der Waals surface area contributed by atoms with Gasteiger partial charge in [-0.3, -0.25) is 4.79 Å². The minimum Gasteiger partial charge on any atom is -0.382 e. The van der Waals surface area contributed by atoms with E-state index in [0.717, 1.165) is 18.0 Å². The van der Waals surface area contributed by atoms with Crippen LogP contribution < -0.4 is 16.4 Å². The smallest absolute Gasteiger partial charge is 0.265 e. The Balaban J connectivity index is 1.68. The van der Waals surface area contributed by atoms with Gasteiger partial charge in [0.25, 0.3) is 5.91 Å². The molecular formula is C12H18N4OS. The van der Waals surface area contributed by atoms with Crippen molar-refractivity contribution in [3.63, 3.8) is 0 Å². The molecule has 0 spiro atoms. The van der Waals surface area contributed by atoms with Crippen LogP contribution in [0.4, 0.5) is 10.9 Å². The zero-order valence-corrected chi connectivity index (χ0v) is 11.3. The van der Waals surface area contributed by atoms with Gasteiger partial charge in [0.15, 0.2) is 5.13 Å². The van der Waals surface area contributed by atoms with Crippen molar-refractivity contribution in [1.29, 1.82) is 0 Å². The minimum absolute atomic E-state index is 0.0188. The topological polar surface area (TPSA) is 80.0 Å². The lowest BCUT2D eigenvalue weighted by atomic mass is 9.93. The molecule has 0 saturated heterocycles. The summed E-state index contributed by atoms with van der Waals surface area (Å²) in [6, 6.07) is 0.507. The van der Waals surface area contributed by atoms with Gasteiger partial charge in [0.2, 0.25) is 0 Å². The molecule has 3 rings (SSSR count). The van der Waals surface area contributed by atoms with E-state index in [1.165, 1.54) is 30.6 Å². The molecular weight excluding hydrogens is 248 g/mol. The van der Waals surface area contributed by atoms with Crippen molar-refractivity contribution >= 4 is 28.2 Å². The van der Waals surface area contributed by atoms with Gasteiger partial charge in [0, 0.05) is 11.6 Å². The lowest BCUT2D eigenvalue weighted by molar-refractivity contribution is 0.0940. The van der Waals surface area contributed by atoms with Gasteiger partial charge in [-0.25, -0.2) is 4.98 Å². The minimum atomic E-state index is -0.0911. The second-order valence-electron chi connectivity index (χ2n) is 5.52. The van der Waals surface area contributed by atoms with Crippen LogP contribution in [0.1, 0.15) is 48.7 Å². The third-order valence-corrected chi connectivity index (χ3v) is 4.71. The van der Waals surface area contributed by atoms with Gasteiger partial charge in [0.1, 0.15) is 10.7 Å². The van der Waals surface area contributed by atoms with Crippen LogP contribution in [-0.2, 0) is 0 Å². The van der Waals surface area contributed by atoms with Crippen molar-refractivity contribution < 1.29 is 4.79 Å². The molecule has 0 bridgehead atoms. The van der Waals surface area contributed by atoms with E-state index in [1.54, 1.807) is 0 Å². The van der Waals surface area contributed by atoms with Crippen LogP contribution in [0.2, 0.25) is 0 Å². The van der Waals surface area contributed by atoms with E-state index in [4.69, 9.17) is 5.73 Å². The summed E-state index contributed by atoms with van der Waals surface area (Å²) in [6.45, 7) is 2.05. The summed E-state index contributed by atoms with van der Waals surface area (Å²) in [5.41, 5.74) is 5.80. The molecule has 6 heteroatoms. The Bertz CT molecular complexity index is 476. The van der Waals surface area contributed by atoms with Crippen LogP contribution in [0.5, 0.6) is 0 Å². The standard InChI is InChI=1S/C12H18N4OS/c1-12(5-6-12)16-10(17)8-9(13)15-11(18-8)14-7-3-2-4-7/h7H,2-6,13H2,1H3,(H,14,15)(H,16,17). The van der Waals surface area contributed by atoms with E-state index >= 15 is 0 Å². The SMILES string of the molecule is CC1(NC(=O)c2sc(NC3CCC3)nc2N)CC1. The summed E-state index contributed by atoms with van der Waals surface area (Å²) in [7, 11) is 0. The second kappa shape index (κ2) is 4.12.